The predicted octanol–water partition coefficient (Wildman–Crippen LogP) is 2.84. The standard InChI is InChI=1S/C12H10N2O2/c15-12(16)14-11-8-10(6-7-13-11)9-4-2-1-3-5-9/h1-8H,(H,13,14)(H,15,16). The minimum absolute atomic E-state index is 0.328. The van der Waals surface area contributed by atoms with E-state index in [4.69, 9.17) is 5.11 Å². The van der Waals surface area contributed by atoms with Gasteiger partial charge in [0.25, 0.3) is 0 Å². The number of anilines is 1. The van der Waals surface area contributed by atoms with Gasteiger partial charge in [-0.3, -0.25) is 5.32 Å². The number of rotatable bonds is 2. The van der Waals surface area contributed by atoms with Gasteiger partial charge in [-0.15, -0.1) is 0 Å². The van der Waals surface area contributed by atoms with Crippen LogP contribution in [-0.2, 0) is 0 Å². The van der Waals surface area contributed by atoms with E-state index in [0.717, 1.165) is 11.1 Å². The number of nitrogens with zero attached hydrogens (tertiary/aromatic N) is 1. The summed E-state index contributed by atoms with van der Waals surface area (Å²) in [5.41, 5.74) is 1.96. The zero-order valence-electron chi connectivity index (χ0n) is 8.42. The second-order valence-corrected chi connectivity index (χ2v) is 3.23. The van der Waals surface area contributed by atoms with E-state index < -0.39 is 6.09 Å². The first-order valence-electron chi connectivity index (χ1n) is 4.77. The molecule has 0 aliphatic carbocycles. The summed E-state index contributed by atoms with van der Waals surface area (Å²) in [4.78, 5) is 14.4. The minimum Gasteiger partial charge on any atom is -0.465 e. The van der Waals surface area contributed by atoms with Gasteiger partial charge in [0.2, 0.25) is 0 Å². The van der Waals surface area contributed by atoms with Crippen LogP contribution in [-0.4, -0.2) is 16.2 Å². The summed E-state index contributed by atoms with van der Waals surface area (Å²) >= 11 is 0. The number of hydrogen-bond donors (Lipinski definition) is 2. The molecule has 1 heterocycles. The first-order chi connectivity index (χ1) is 7.75. The largest absolute Gasteiger partial charge is 0.465 e. The Hall–Kier alpha value is -2.36. The number of carboxylic acid groups (broad SMARTS) is 1. The van der Waals surface area contributed by atoms with Gasteiger partial charge < -0.3 is 5.11 Å². The average molecular weight is 214 g/mol. The molecule has 0 spiro atoms. The van der Waals surface area contributed by atoms with Crippen molar-refractivity contribution >= 4 is 11.9 Å². The Morgan fingerprint density at radius 2 is 1.88 bits per heavy atom. The number of hydrogen-bond acceptors (Lipinski definition) is 2. The van der Waals surface area contributed by atoms with Crippen LogP contribution in [0, 0.1) is 0 Å². The van der Waals surface area contributed by atoms with E-state index in [1.165, 1.54) is 0 Å². The van der Waals surface area contributed by atoms with Crippen LogP contribution in [0.3, 0.4) is 0 Å². The summed E-state index contributed by atoms with van der Waals surface area (Å²) in [5, 5.41) is 10.8. The maximum atomic E-state index is 10.5. The molecule has 2 aromatic rings. The van der Waals surface area contributed by atoms with E-state index in [1.807, 2.05) is 36.4 Å². The lowest BCUT2D eigenvalue weighted by atomic mass is 10.1. The summed E-state index contributed by atoms with van der Waals surface area (Å²) in [5.74, 6) is 0.328. The number of pyridine rings is 1. The topological polar surface area (TPSA) is 62.2 Å². The van der Waals surface area contributed by atoms with Crippen molar-refractivity contribution in [1.29, 1.82) is 0 Å². The highest BCUT2D eigenvalue weighted by molar-refractivity contribution is 5.82. The molecule has 1 aromatic carbocycles. The molecule has 16 heavy (non-hydrogen) atoms. The van der Waals surface area contributed by atoms with Crippen LogP contribution >= 0.6 is 0 Å². The summed E-state index contributed by atoms with van der Waals surface area (Å²) in [7, 11) is 0. The molecule has 0 aliphatic heterocycles. The van der Waals surface area contributed by atoms with Gasteiger partial charge in [0.15, 0.2) is 0 Å². The SMILES string of the molecule is O=C(O)Nc1cc(-c2ccccc2)ccn1. The number of nitrogens with one attached hydrogen (secondary N) is 1. The minimum atomic E-state index is -1.11. The van der Waals surface area contributed by atoms with E-state index in [0.29, 0.717) is 5.82 Å². The van der Waals surface area contributed by atoms with Gasteiger partial charge in [-0.1, -0.05) is 30.3 Å². The van der Waals surface area contributed by atoms with E-state index >= 15 is 0 Å². The predicted molar refractivity (Wildman–Crippen MR) is 61.3 cm³/mol. The van der Waals surface area contributed by atoms with Crippen molar-refractivity contribution in [3.8, 4) is 11.1 Å². The lowest BCUT2D eigenvalue weighted by Crippen LogP contribution is -2.08. The fourth-order valence-electron chi connectivity index (χ4n) is 1.42. The van der Waals surface area contributed by atoms with Crippen LogP contribution in [0.5, 0.6) is 0 Å². The Morgan fingerprint density at radius 3 is 2.56 bits per heavy atom. The average Bonchev–Trinajstić information content (AvgIpc) is 2.30. The molecule has 0 bridgehead atoms. The highest BCUT2D eigenvalue weighted by Gasteiger charge is 2.01. The summed E-state index contributed by atoms with van der Waals surface area (Å²) in [6.07, 6.45) is 0.464. The maximum Gasteiger partial charge on any atom is 0.410 e. The molecular weight excluding hydrogens is 204 g/mol. The van der Waals surface area contributed by atoms with Gasteiger partial charge >= 0.3 is 6.09 Å². The molecule has 0 unspecified atom stereocenters. The number of amides is 1. The molecule has 2 N–H and O–H groups in total. The van der Waals surface area contributed by atoms with Gasteiger partial charge in [-0.05, 0) is 23.3 Å². The lowest BCUT2D eigenvalue weighted by Gasteiger charge is -2.03. The first kappa shape index (κ1) is 10.2. The van der Waals surface area contributed by atoms with Gasteiger partial charge in [-0.25, -0.2) is 9.78 Å². The van der Waals surface area contributed by atoms with Crippen LogP contribution in [0.25, 0.3) is 11.1 Å². The zero-order chi connectivity index (χ0) is 11.4. The van der Waals surface area contributed by atoms with Crippen molar-refractivity contribution in [2.75, 3.05) is 5.32 Å². The van der Waals surface area contributed by atoms with Crippen LogP contribution in [0.2, 0.25) is 0 Å². The lowest BCUT2D eigenvalue weighted by molar-refractivity contribution is 0.209. The number of carbonyl (C=O) groups is 1. The summed E-state index contributed by atoms with van der Waals surface area (Å²) in [6.45, 7) is 0. The van der Waals surface area contributed by atoms with Crippen molar-refractivity contribution in [3.63, 3.8) is 0 Å². The van der Waals surface area contributed by atoms with Gasteiger partial charge in [0.05, 0.1) is 0 Å². The van der Waals surface area contributed by atoms with Crippen molar-refractivity contribution in [3.05, 3.63) is 48.7 Å². The molecule has 0 atom stereocenters. The monoisotopic (exact) mass is 214 g/mol. The Morgan fingerprint density at radius 1 is 1.12 bits per heavy atom. The van der Waals surface area contributed by atoms with Crippen LogP contribution in [0.1, 0.15) is 0 Å². The molecular formula is C12H10N2O2. The quantitative estimate of drug-likeness (QED) is 0.807. The molecule has 0 saturated heterocycles. The van der Waals surface area contributed by atoms with E-state index in [9.17, 15) is 4.79 Å². The number of benzene rings is 1. The molecule has 0 radical (unpaired) electrons. The molecule has 4 nitrogen and oxygen atoms in total. The highest BCUT2D eigenvalue weighted by atomic mass is 16.4. The third kappa shape index (κ3) is 2.36. The van der Waals surface area contributed by atoms with E-state index in [2.05, 4.69) is 10.3 Å². The van der Waals surface area contributed by atoms with E-state index in [1.54, 1.807) is 12.3 Å². The Kier molecular flexibility index (Phi) is 2.82. The Balaban J connectivity index is 2.33. The molecule has 0 aliphatic rings. The Labute approximate surface area is 92.6 Å². The first-order valence-corrected chi connectivity index (χ1v) is 4.77. The van der Waals surface area contributed by atoms with Crippen molar-refractivity contribution in [2.45, 2.75) is 0 Å². The summed E-state index contributed by atoms with van der Waals surface area (Å²) < 4.78 is 0. The highest BCUT2D eigenvalue weighted by Crippen LogP contribution is 2.20. The van der Waals surface area contributed by atoms with Crippen LogP contribution in [0.15, 0.2) is 48.7 Å². The third-order valence-electron chi connectivity index (χ3n) is 2.10. The normalized spacial score (nSPS) is 9.75. The molecule has 0 saturated carbocycles. The fourth-order valence-corrected chi connectivity index (χ4v) is 1.42. The van der Waals surface area contributed by atoms with Crippen LogP contribution in [0.4, 0.5) is 10.6 Å². The van der Waals surface area contributed by atoms with E-state index in [-0.39, 0.29) is 0 Å². The zero-order valence-corrected chi connectivity index (χ0v) is 8.42. The smallest absolute Gasteiger partial charge is 0.410 e. The molecule has 4 heteroatoms. The fraction of sp³-hybridized carbons (Fsp3) is 0. The van der Waals surface area contributed by atoms with Crippen molar-refractivity contribution in [2.24, 2.45) is 0 Å². The van der Waals surface area contributed by atoms with Crippen molar-refractivity contribution < 1.29 is 9.90 Å². The number of aromatic nitrogens is 1. The van der Waals surface area contributed by atoms with Gasteiger partial charge in [0.1, 0.15) is 5.82 Å². The van der Waals surface area contributed by atoms with Gasteiger partial charge in [0, 0.05) is 6.20 Å². The second-order valence-electron chi connectivity index (χ2n) is 3.23. The van der Waals surface area contributed by atoms with Crippen molar-refractivity contribution in [1.82, 2.24) is 4.98 Å². The molecule has 80 valence electrons. The second kappa shape index (κ2) is 4.44. The van der Waals surface area contributed by atoms with Crippen LogP contribution < -0.4 is 5.32 Å². The molecule has 1 amide bonds. The summed E-state index contributed by atoms with van der Waals surface area (Å²) in [6, 6.07) is 13.2. The maximum absolute atomic E-state index is 10.5. The third-order valence-corrected chi connectivity index (χ3v) is 2.10. The molecule has 0 fully saturated rings. The Bertz CT molecular complexity index is 497. The van der Waals surface area contributed by atoms with Gasteiger partial charge in [-0.2, -0.15) is 0 Å². The molecule has 1 aromatic heterocycles. The molecule has 2 rings (SSSR count).